The number of hydrogen-bond acceptors (Lipinski definition) is 3. The zero-order chi connectivity index (χ0) is 15.5. The molecule has 0 radical (unpaired) electrons. The number of pyridine rings is 1. The lowest BCUT2D eigenvalue weighted by Gasteiger charge is -2.09. The fourth-order valence-corrected chi connectivity index (χ4v) is 2.27. The minimum atomic E-state index is -0.642. The summed E-state index contributed by atoms with van der Waals surface area (Å²) in [4.78, 5) is 15.0. The molecule has 3 N–H and O–H groups in total. The van der Waals surface area contributed by atoms with Crippen molar-refractivity contribution in [3.63, 3.8) is 0 Å². The van der Waals surface area contributed by atoms with Crippen molar-refractivity contribution < 1.29 is 4.79 Å². The molecule has 6 heteroatoms. The van der Waals surface area contributed by atoms with E-state index in [4.69, 9.17) is 5.73 Å². The number of urea groups is 1. The van der Waals surface area contributed by atoms with Gasteiger partial charge in [-0.25, -0.2) is 14.5 Å². The molecule has 2 aromatic heterocycles. The highest BCUT2D eigenvalue weighted by Gasteiger charge is 2.09. The van der Waals surface area contributed by atoms with Crippen LogP contribution in [0.4, 0.5) is 10.6 Å². The molecule has 3 aromatic rings. The summed E-state index contributed by atoms with van der Waals surface area (Å²) < 4.78 is 1.84. The number of nitrogens with two attached hydrogens (primary N) is 1. The van der Waals surface area contributed by atoms with E-state index in [0.29, 0.717) is 5.82 Å². The number of benzene rings is 1. The summed E-state index contributed by atoms with van der Waals surface area (Å²) in [5.74, 6) is 0.405. The van der Waals surface area contributed by atoms with Crippen LogP contribution in [0.5, 0.6) is 0 Å². The first kappa shape index (κ1) is 13.8. The number of rotatable bonds is 3. The van der Waals surface area contributed by atoms with E-state index in [2.05, 4.69) is 21.5 Å². The number of carbonyl (C=O) groups is 1. The number of nitrogens with one attached hydrogen (secondary N) is 1. The second-order valence-electron chi connectivity index (χ2n) is 4.89. The average molecular weight is 293 g/mol. The molecule has 2 amide bonds. The molecule has 0 saturated carbocycles. The van der Waals surface area contributed by atoms with Gasteiger partial charge in [0, 0.05) is 11.8 Å². The molecule has 22 heavy (non-hydrogen) atoms. The van der Waals surface area contributed by atoms with Gasteiger partial charge in [0.1, 0.15) is 5.82 Å². The van der Waals surface area contributed by atoms with E-state index in [-0.39, 0.29) is 0 Å². The molecule has 0 aliphatic rings. The first-order chi connectivity index (χ1) is 10.6. The minimum absolute atomic E-state index is 0.405. The van der Waals surface area contributed by atoms with E-state index < -0.39 is 6.03 Å². The van der Waals surface area contributed by atoms with Gasteiger partial charge in [0.2, 0.25) is 0 Å². The van der Waals surface area contributed by atoms with Crippen LogP contribution in [0.25, 0.3) is 16.9 Å². The van der Waals surface area contributed by atoms with Gasteiger partial charge < -0.3 is 5.73 Å². The molecule has 0 spiro atoms. The molecule has 3 rings (SSSR count). The van der Waals surface area contributed by atoms with Crippen LogP contribution < -0.4 is 11.1 Å². The van der Waals surface area contributed by atoms with Crippen molar-refractivity contribution in [2.45, 2.75) is 6.92 Å². The second-order valence-corrected chi connectivity index (χ2v) is 4.89. The zero-order valence-electron chi connectivity index (χ0n) is 12.0. The van der Waals surface area contributed by atoms with Crippen LogP contribution in [0, 0.1) is 6.92 Å². The van der Waals surface area contributed by atoms with Crippen molar-refractivity contribution in [3.8, 4) is 16.9 Å². The Kier molecular flexibility index (Phi) is 3.57. The van der Waals surface area contributed by atoms with Crippen LogP contribution in [0.2, 0.25) is 0 Å². The monoisotopic (exact) mass is 293 g/mol. The maximum absolute atomic E-state index is 10.9. The van der Waals surface area contributed by atoms with Gasteiger partial charge in [0.15, 0.2) is 0 Å². The largest absolute Gasteiger partial charge is 0.351 e. The third-order valence-corrected chi connectivity index (χ3v) is 3.20. The number of aromatic nitrogens is 3. The molecular formula is C16H15N5O. The van der Waals surface area contributed by atoms with Crippen LogP contribution in [-0.4, -0.2) is 20.8 Å². The summed E-state index contributed by atoms with van der Waals surface area (Å²) in [5, 5.41) is 6.85. The van der Waals surface area contributed by atoms with Crippen molar-refractivity contribution in [3.05, 3.63) is 60.4 Å². The number of nitrogens with zero attached hydrogens (tertiary/aromatic N) is 3. The Bertz CT molecular complexity index is 825. The van der Waals surface area contributed by atoms with E-state index in [0.717, 1.165) is 22.5 Å². The number of anilines is 1. The molecule has 0 unspecified atom stereocenters. The van der Waals surface area contributed by atoms with Crippen molar-refractivity contribution in [2.75, 3.05) is 5.32 Å². The van der Waals surface area contributed by atoms with Crippen LogP contribution in [0.15, 0.2) is 54.9 Å². The number of carbonyl (C=O) groups excluding carboxylic acids is 1. The molecule has 0 saturated heterocycles. The highest BCUT2D eigenvalue weighted by Crippen LogP contribution is 2.24. The van der Waals surface area contributed by atoms with Crippen molar-refractivity contribution in [2.24, 2.45) is 5.73 Å². The molecule has 0 aliphatic carbocycles. The average Bonchev–Trinajstić information content (AvgIpc) is 2.96. The normalized spacial score (nSPS) is 10.4. The molecule has 0 bridgehead atoms. The number of amides is 2. The molecule has 0 fully saturated rings. The van der Waals surface area contributed by atoms with E-state index in [1.165, 1.54) is 0 Å². The van der Waals surface area contributed by atoms with Gasteiger partial charge in [0.05, 0.1) is 17.6 Å². The van der Waals surface area contributed by atoms with Crippen molar-refractivity contribution >= 4 is 11.8 Å². The molecular weight excluding hydrogens is 278 g/mol. The Morgan fingerprint density at radius 2 is 2.05 bits per heavy atom. The quantitative estimate of drug-likeness (QED) is 0.778. The summed E-state index contributed by atoms with van der Waals surface area (Å²) in [5.41, 5.74) is 9.04. The molecule has 0 aliphatic heterocycles. The number of hydrogen-bond donors (Lipinski definition) is 2. The third kappa shape index (κ3) is 2.80. The van der Waals surface area contributed by atoms with Gasteiger partial charge in [-0.2, -0.15) is 5.10 Å². The number of aryl methyl sites for hydroxylation is 1. The lowest BCUT2D eigenvalue weighted by atomic mass is 10.1. The predicted octanol–water partition coefficient (Wildman–Crippen LogP) is 2.73. The Balaban J connectivity index is 2.03. The second kappa shape index (κ2) is 5.69. The highest BCUT2D eigenvalue weighted by molar-refractivity contribution is 5.87. The van der Waals surface area contributed by atoms with E-state index in [9.17, 15) is 4.79 Å². The van der Waals surface area contributed by atoms with Gasteiger partial charge in [-0.15, -0.1) is 0 Å². The molecule has 2 heterocycles. The molecule has 6 nitrogen and oxygen atoms in total. The highest BCUT2D eigenvalue weighted by atomic mass is 16.2. The minimum Gasteiger partial charge on any atom is -0.351 e. The maximum atomic E-state index is 10.9. The molecule has 1 aromatic carbocycles. The standard InChI is InChI=1S/C16H15N5O/c1-11-3-2-4-13(9-11)21-14(6-8-19-21)12-5-7-18-15(10-12)20-16(17)22/h2-10H,1H3,(H3,17,18,20,22). The zero-order valence-corrected chi connectivity index (χ0v) is 12.0. The summed E-state index contributed by atoms with van der Waals surface area (Å²) in [6.07, 6.45) is 3.35. The van der Waals surface area contributed by atoms with Crippen LogP contribution in [0.1, 0.15) is 5.56 Å². The Morgan fingerprint density at radius 1 is 1.18 bits per heavy atom. The first-order valence-corrected chi connectivity index (χ1v) is 6.77. The van der Waals surface area contributed by atoms with Gasteiger partial charge in [-0.05, 0) is 42.8 Å². The lowest BCUT2D eigenvalue weighted by Crippen LogP contribution is -2.19. The van der Waals surface area contributed by atoms with Crippen molar-refractivity contribution in [1.29, 1.82) is 0 Å². The van der Waals surface area contributed by atoms with Crippen molar-refractivity contribution in [1.82, 2.24) is 14.8 Å². The van der Waals surface area contributed by atoms with Gasteiger partial charge in [0.25, 0.3) is 0 Å². The van der Waals surface area contributed by atoms with Crippen LogP contribution in [0.3, 0.4) is 0 Å². The fourth-order valence-electron chi connectivity index (χ4n) is 2.27. The molecule has 0 atom stereocenters. The van der Waals surface area contributed by atoms with E-state index >= 15 is 0 Å². The van der Waals surface area contributed by atoms with Gasteiger partial charge in [-0.3, -0.25) is 5.32 Å². The first-order valence-electron chi connectivity index (χ1n) is 6.77. The summed E-state index contributed by atoms with van der Waals surface area (Å²) in [6.45, 7) is 2.04. The third-order valence-electron chi connectivity index (χ3n) is 3.20. The Hall–Kier alpha value is -3.15. The smallest absolute Gasteiger partial charge is 0.317 e. The lowest BCUT2D eigenvalue weighted by molar-refractivity contribution is 0.259. The topological polar surface area (TPSA) is 85.8 Å². The van der Waals surface area contributed by atoms with E-state index in [1.54, 1.807) is 18.5 Å². The van der Waals surface area contributed by atoms with Crippen LogP contribution in [-0.2, 0) is 0 Å². The fraction of sp³-hybridized carbons (Fsp3) is 0.0625. The summed E-state index contributed by atoms with van der Waals surface area (Å²) in [7, 11) is 0. The van der Waals surface area contributed by atoms with E-state index in [1.807, 2.05) is 41.9 Å². The summed E-state index contributed by atoms with van der Waals surface area (Å²) in [6, 6.07) is 13.0. The van der Waals surface area contributed by atoms with Gasteiger partial charge in [-0.1, -0.05) is 12.1 Å². The predicted molar refractivity (Wildman–Crippen MR) is 84.7 cm³/mol. The SMILES string of the molecule is Cc1cccc(-n2nccc2-c2ccnc(NC(N)=O)c2)c1. The Labute approximate surface area is 127 Å². The number of primary amides is 1. The Morgan fingerprint density at radius 3 is 2.82 bits per heavy atom. The van der Waals surface area contributed by atoms with Gasteiger partial charge >= 0.3 is 6.03 Å². The van der Waals surface area contributed by atoms with Crippen LogP contribution >= 0.6 is 0 Å². The molecule has 110 valence electrons. The maximum Gasteiger partial charge on any atom is 0.317 e. The summed E-state index contributed by atoms with van der Waals surface area (Å²) >= 11 is 0.